The minimum absolute atomic E-state index is 0.0531. The first-order valence-electron chi connectivity index (χ1n) is 7.67. The zero-order valence-electron chi connectivity index (χ0n) is 14.1. The van der Waals surface area contributed by atoms with Gasteiger partial charge in [-0.25, -0.2) is 17.2 Å². The summed E-state index contributed by atoms with van der Waals surface area (Å²) in [4.78, 5) is 2.50. The lowest BCUT2D eigenvalue weighted by Crippen LogP contribution is -2.26. The van der Waals surface area contributed by atoms with Gasteiger partial charge in [-0.3, -0.25) is 4.98 Å². The lowest BCUT2D eigenvalue weighted by molar-refractivity contribution is -0.0431. The number of pyridine rings is 1. The van der Waals surface area contributed by atoms with Crippen LogP contribution >= 0.6 is 0 Å². The number of nitriles is 1. The molecule has 1 aliphatic rings. The molecule has 11 heteroatoms. The highest BCUT2D eigenvalue weighted by Crippen LogP contribution is 2.38. The van der Waals surface area contributed by atoms with E-state index < -0.39 is 45.4 Å². The van der Waals surface area contributed by atoms with Crippen molar-refractivity contribution in [1.29, 1.82) is 5.26 Å². The van der Waals surface area contributed by atoms with Crippen molar-refractivity contribution in [3.05, 3.63) is 59.0 Å². The van der Waals surface area contributed by atoms with Crippen molar-refractivity contribution in [2.45, 2.75) is 30.7 Å². The fourth-order valence-electron chi connectivity index (χ4n) is 2.31. The van der Waals surface area contributed by atoms with Crippen molar-refractivity contribution in [2.75, 3.05) is 0 Å². The molecule has 0 atom stereocenters. The Labute approximate surface area is 157 Å². The fraction of sp³-hybridized carbons (Fsp3) is 0.294. The van der Waals surface area contributed by atoms with Crippen LogP contribution in [-0.2, 0) is 9.84 Å². The molecule has 150 valence electrons. The fourth-order valence-corrected chi connectivity index (χ4v) is 3.22. The summed E-state index contributed by atoms with van der Waals surface area (Å²) in [5.41, 5.74) is -5.79. The van der Waals surface area contributed by atoms with Crippen molar-refractivity contribution in [2.24, 2.45) is 0 Å². The number of hydrogen-bond acceptors (Lipinski definition) is 5. The van der Waals surface area contributed by atoms with Crippen LogP contribution in [0.3, 0.4) is 0 Å². The molecule has 1 aliphatic carbocycles. The normalized spacial score (nSPS) is 21.8. The average molecular weight is 420 g/mol. The van der Waals surface area contributed by atoms with E-state index in [9.17, 15) is 30.4 Å². The molecule has 2 rings (SSSR count). The highest BCUT2D eigenvalue weighted by molar-refractivity contribution is 7.96. The molecular formula is C17H13F5N2O3S. The second kappa shape index (κ2) is 7.71. The second-order valence-corrected chi connectivity index (χ2v) is 7.87. The van der Waals surface area contributed by atoms with E-state index in [2.05, 4.69) is 11.6 Å². The molecule has 0 amide bonds. The van der Waals surface area contributed by atoms with E-state index in [1.807, 2.05) is 0 Å². The van der Waals surface area contributed by atoms with Gasteiger partial charge in [0, 0.05) is 25.1 Å². The molecule has 0 aliphatic heterocycles. The number of allylic oxidation sites excluding steroid dienone is 4. The molecule has 1 aromatic rings. The first kappa shape index (κ1) is 21.6. The van der Waals surface area contributed by atoms with E-state index in [-0.39, 0.29) is 22.6 Å². The van der Waals surface area contributed by atoms with Gasteiger partial charge in [-0.2, -0.15) is 18.4 Å². The maximum Gasteiger partial charge on any atom is 0.501 e. The quantitative estimate of drug-likeness (QED) is 0.677. The first-order valence-corrected chi connectivity index (χ1v) is 9.15. The molecule has 0 saturated heterocycles. The maximum absolute atomic E-state index is 14.1. The number of alkyl halides is 5. The van der Waals surface area contributed by atoms with E-state index >= 15 is 0 Å². The van der Waals surface area contributed by atoms with Crippen molar-refractivity contribution >= 4 is 9.84 Å². The molecule has 28 heavy (non-hydrogen) atoms. The van der Waals surface area contributed by atoms with E-state index in [4.69, 9.17) is 10.00 Å². The lowest BCUT2D eigenvalue weighted by Gasteiger charge is -2.19. The molecule has 0 N–H and O–H groups in total. The Balaban J connectivity index is 2.51. The summed E-state index contributed by atoms with van der Waals surface area (Å²) < 4.78 is 95.2. The van der Waals surface area contributed by atoms with Gasteiger partial charge in [0.05, 0.1) is 16.7 Å². The summed E-state index contributed by atoms with van der Waals surface area (Å²) in [5, 5.41) is 8.85. The minimum Gasteiger partial charge on any atom is -0.455 e. The maximum atomic E-state index is 14.1. The van der Waals surface area contributed by atoms with E-state index in [1.54, 1.807) is 6.07 Å². The summed E-state index contributed by atoms with van der Waals surface area (Å²) in [7, 11) is -5.79. The van der Waals surface area contributed by atoms with Gasteiger partial charge in [0.25, 0.3) is 15.8 Å². The smallest absolute Gasteiger partial charge is 0.455 e. The predicted octanol–water partition coefficient (Wildman–Crippen LogP) is 4.41. The third kappa shape index (κ3) is 4.95. The van der Waals surface area contributed by atoms with Crippen molar-refractivity contribution < 1.29 is 35.1 Å². The number of ether oxygens (including phenoxy) is 1. The van der Waals surface area contributed by atoms with Gasteiger partial charge in [-0.15, -0.1) is 0 Å². The number of halogens is 5. The van der Waals surface area contributed by atoms with Crippen LogP contribution in [0.25, 0.3) is 0 Å². The number of nitrogens with zero attached hydrogens (tertiary/aromatic N) is 2. The van der Waals surface area contributed by atoms with Gasteiger partial charge < -0.3 is 4.74 Å². The number of rotatable bonds is 3. The second-order valence-electron chi connectivity index (χ2n) is 5.87. The summed E-state index contributed by atoms with van der Waals surface area (Å²) in [6.07, 6.45) is 0.709. The monoisotopic (exact) mass is 420 g/mol. The van der Waals surface area contributed by atoms with Crippen LogP contribution in [0.5, 0.6) is 5.75 Å². The van der Waals surface area contributed by atoms with Crippen molar-refractivity contribution in [1.82, 2.24) is 4.98 Å². The van der Waals surface area contributed by atoms with E-state index in [1.165, 1.54) is 12.3 Å². The number of aromatic nitrogens is 1. The largest absolute Gasteiger partial charge is 0.501 e. The Kier molecular flexibility index (Phi) is 5.94. The minimum atomic E-state index is -5.79. The third-order valence-electron chi connectivity index (χ3n) is 3.70. The Bertz CT molecular complexity index is 989. The Morgan fingerprint density at radius 2 is 1.93 bits per heavy atom. The van der Waals surface area contributed by atoms with Gasteiger partial charge in [0.2, 0.25) is 0 Å². The lowest BCUT2D eigenvalue weighted by atomic mass is 10.0. The molecular weight excluding hydrogens is 407 g/mol. The van der Waals surface area contributed by atoms with Gasteiger partial charge >= 0.3 is 5.51 Å². The van der Waals surface area contributed by atoms with Gasteiger partial charge in [-0.1, -0.05) is 6.58 Å². The summed E-state index contributed by atoms with van der Waals surface area (Å²) in [6, 6.07) is 3.01. The molecule has 0 spiro atoms. The standard InChI is InChI=1S/C17H13F5N2O3S/c1-11-7-16(18,19)5-4-14(28(25,26)17(20,21)22)2-3-15(11)27-13-6-12(8-23)9-24-10-13/h2-3,6,9-10H,1,4-5,7H2/b14-2+,15-3+. The van der Waals surface area contributed by atoms with Gasteiger partial charge in [0.15, 0.2) is 0 Å². The molecule has 5 nitrogen and oxygen atoms in total. The third-order valence-corrected chi connectivity index (χ3v) is 5.34. The number of hydrogen-bond donors (Lipinski definition) is 0. The van der Waals surface area contributed by atoms with Crippen LogP contribution in [0.2, 0.25) is 0 Å². The number of sulfone groups is 1. The molecule has 0 fully saturated rings. The van der Waals surface area contributed by atoms with Crippen LogP contribution < -0.4 is 4.74 Å². The van der Waals surface area contributed by atoms with E-state index in [0.29, 0.717) is 6.08 Å². The average Bonchev–Trinajstić information content (AvgIpc) is 2.63. The van der Waals surface area contributed by atoms with Crippen LogP contribution in [0, 0.1) is 11.3 Å². The zero-order valence-corrected chi connectivity index (χ0v) is 14.9. The van der Waals surface area contributed by atoms with Crippen LogP contribution in [-0.4, -0.2) is 24.8 Å². The topological polar surface area (TPSA) is 80.1 Å². The molecule has 1 aromatic heterocycles. The van der Waals surface area contributed by atoms with Crippen molar-refractivity contribution in [3.8, 4) is 11.8 Å². The molecule has 0 aromatic carbocycles. The highest BCUT2D eigenvalue weighted by Gasteiger charge is 2.48. The molecule has 1 heterocycles. The summed E-state index contributed by atoms with van der Waals surface area (Å²) in [6.45, 7) is 3.45. The molecule has 0 unspecified atom stereocenters. The summed E-state index contributed by atoms with van der Waals surface area (Å²) in [5.74, 6) is -3.92. The summed E-state index contributed by atoms with van der Waals surface area (Å²) >= 11 is 0. The predicted molar refractivity (Wildman–Crippen MR) is 88.7 cm³/mol. The van der Waals surface area contributed by atoms with Crippen LogP contribution in [0.15, 0.2) is 53.4 Å². The molecule has 0 saturated carbocycles. The molecule has 0 radical (unpaired) electrons. The van der Waals surface area contributed by atoms with Crippen LogP contribution in [0.4, 0.5) is 22.0 Å². The Hall–Kier alpha value is -2.74. The van der Waals surface area contributed by atoms with Gasteiger partial charge in [0.1, 0.15) is 17.6 Å². The first-order chi connectivity index (χ1) is 12.9. The molecule has 0 bridgehead atoms. The van der Waals surface area contributed by atoms with Gasteiger partial charge in [-0.05, 0) is 24.1 Å². The SMILES string of the molecule is C=C1CC(F)(F)CC/C(S(=O)(=O)C(F)(F)F)=C\C=C/1Oc1cncc(C#N)c1. The highest BCUT2D eigenvalue weighted by atomic mass is 32.2. The van der Waals surface area contributed by atoms with Crippen molar-refractivity contribution in [3.63, 3.8) is 0 Å². The van der Waals surface area contributed by atoms with E-state index in [0.717, 1.165) is 12.3 Å². The Morgan fingerprint density at radius 1 is 1.25 bits per heavy atom. The Morgan fingerprint density at radius 3 is 2.54 bits per heavy atom. The van der Waals surface area contributed by atoms with Crippen LogP contribution in [0.1, 0.15) is 24.8 Å². The zero-order chi connectivity index (χ0) is 21.2.